The molecule has 1 aliphatic heterocycles. The second-order valence-electron chi connectivity index (χ2n) is 5.97. The molecule has 0 atom stereocenters. The molecular weight excluding hydrogens is 298 g/mol. The molecule has 1 aliphatic rings. The number of methoxy groups -OCH3 is 1. The van der Waals surface area contributed by atoms with Crippen LogP contribution in [0, 0.1) is 0 Å². The Morgan fingerprint density at radius 1 is 1.04 bits per heavy atom. The molecule has 2 aromatic carbocycles. The van der Waals surface area contributed by atoms with Crippen LogP contribution in [0.1, 0.15) is 12.5 Å². The Morgan fingerprint density at radius 3 is 2.46 bits per heavy atom. The quantitative estimate of drug-likeness (QED) is 0.787. The molecule has 126 valence electrons. The van der Waals surface area contributed by atoms with Crippen molar-refractivity contribution in [3.63, 3.8) is 0 Å². The number of anilines is 1. The first-order valence-electron chi connectivity index (χ1n) is 8.54. The van der Waals surface area contributed by atoms with Gasteiger partial charge in [-0.1, -0.05) is 19.1 Å². The lowest BCUT2D eigenvalue weighted by atomic mass is 10.2. The molecule has 4 heteroatoms. The van der Waals surface area contributed by atoms with Crippen LogP contribution in [0.25, 0.3) is 0 Å². The molecule has 0 bridgehead atoms. The molecule has 1 saturated heterocycles. The second-order valence-corrected chi connectivity index (χ2v) is 5.97. The van der Waals surface area contributed by atoms with Crippen molar-refractivity contribution in [1.82, 2.24) is 4.90 Å². The van der Waals surface area contributed by atoms with Crippen LogP contribution in [-0.4, -0.2) is 50.9 Å². The number of hydrogen-bond acceptors (Lipinski definition) is 4. The fraction of sp³-hybridized carbons (Fsp3) is 0.350. The lowest BCUT2D eigenvalue weighted by Crippen LogP contribution is -2.46. The summed E-state index contributed by atoms with van der Waals surface area (Å²) in [5.41, 5.74) is 3.29. The molecule has 24 heavy (non-hydrogen) atoms. The first-order chi connectivity index (χ1) is 11.8. The van der Waals surface area contributed by atoms with E-state index in [-0.39, 0.29) is 0 Å². The maximum absolute atomic E-state index is 5.23. The zero-order valence-electron chi connectivity index (χ0n) is 14.5. The topological polar surface area (TPSA) is 28.1 Å². The number of benzene rings is 2. The molecule has 0 aliphatic carbocycles. The Morgan fingerprint density at radius 2 is 1.79 bits per heavy atom. The zero-order valence-corrected chi connectivity index (χ0v) is 14.5. The van der Waals surface area contributed by atoms with Crippen LogP contribution in [-0.2, 0) is 0 Å². The Bertz CT molecular complexity index is 674. The van der Waals surface area contributed by atoms with Gasteiger partial charge in [0.1, 0.15) is 5.75 Å². The van der Waals surface area contributed by atoms with Gasteiger partial charge in [-0.15, -0.1) is 0 Å². The summed E-state index contributed by atoms with van der Waals surface area (Å²) in [7, 11) is 1.68. The molecule has 0 N–H and O–H groups in total. The van der Waals surface area contributed by atoms with E-state index in [1.54, 1.807) is 7.11 Å². The molecule has 1 heterocycles. The highest BCUT2D eigenvalue weighted by Gasteiger charge is 2.15. The lowest BCUT2D eigenvalue weighted by Gasteiger charge is -2.35. The van der Waals surface area contributed by atoms with Crippen molar-refractivity contribution >= 4 is 17.6 Å². The molecule has 2 aromatic rings. The van der Waals surface area contributed by atoms with Crippen molar-refractivity contribution in [3.05, 3.63) is 54.1 Å². The summed E-state index contributed by atoms with van der Waals surface area (Å²) in [5, 5.41) is 0. The van der Waals surface area contributed by atoms with Crippen LogP contribution in [0.3, 0.4) is 0 Å². The van der Waals surface area contributed by atoms with E-state index < -0.39 is 0 Å². The molecule has 0 aromatic heterocycles. The summed E-state index contributed by atoms with van der Waals surface area (Å²) in [5.74, 6) is 0.848. The Hall–Kier alpha value is -2.33. The van der Waals surface area contributed by atoms with Gasteiger partial charge < -0.3 is 14.5 Å². The molecule has 4 nitrogen and oxygen atoms in total. The van der Waals surface area contributed by atoms with Gasteiger partial charge in [-0.3, -0.25) is 4.99 Å². The summed E-state index contributed by atoms with van der Waals surface area (Å²) < 4.78 is 5.23. The van der Waals surface area contributed by atoms with E-state index in [1.165, 1.54) is 5.69 Å². The molecule has 3 rings (SSSR count). The van der Waals surface area contributed by atoms with E-state index in [4.69, 9.17) is 4.74 Å². The first-order valence-corrected chi connectivity index (χ1v) is 8.54. The largest absolute Gasteiger partial charge is 0.497 e. The van der Waals surface area contributed by atoms with Gasteiger partial charge >= 0.3 is 0 Å². The minimum atomic E-state index is 0.848. The first kappa shape index (κ1) is 16.5. The Kier molecular flexibility index (Phi) is 5.49. The number of hydrogen-bond donors (Lipinski definition) is 0. The average Bonchev–Trinajstić information content (AvgIpc) is 2.67. The number of nitrogens with zero attached hydrogens (tertiary/aromatic N) is 3. The van der Waals surface area contributed by atoms with E-state index in [9.17, 15) is 0 Å². The monoisotopic (exact) mass is 323 g/mol. The third kappa shape index (κ3) is 4.15. The maximum Gasteiger partial charge on any atom is 0.119 e. The van der Waals surface area contributed by atoms with Gasteiger partial charge in [0.2, 0.25) is 0 Å². The average molecular weight is 323 g/mol. The highest BCUT2D eigenvalue weighted by atomic mass is 16.5. The van der Waals surface area contributed by atoms with Crippen molar-refractivity contribution in [2.75, 3.05) is 44.7 Å². The zero-order chi connectivity index (χ0) is 16.8. The van der Waals surface area contributed by atoms with Crippen molar-refractivity contribution in [3.8, 4) is 5.75 Å². The van der Waals surface area contributed by atoms with Gasteiger partial charge in [0.25, 0.3) is 0 Å². The third-order valence-electron chi connectivity index (χ3n) is 4.49. The van der Waals surface area contributed by atoms with Gasteiger partial charge in [0.05, 0.1) is 12.8 Å². The highest BCUT2D eigenvalue weighted by molar-refractivity contribution is 5.82. The van der Waals surface area contributed by atoms with E-state index in [1.807, 2.05) is 30.5 Å². The summed E-state index contributed by atoms with van der Waals surface area (Å²) >= 11 is 0. The minimum Gasteiger partial charge on any atom is -0.497 e. The van der Waals surface area contributed by atoms with Crippen LogP contribution in [0.4, 0.5) is 11.4 Å². The van der Waals surface area contributed by atoms with E-state index in [0.29, 0.717) is 0 Å². The predicted molar refractivity (Wildman–Crippen MR) is 101 cm³/mol. The van der Waals surface area contributed by atoms with Gasteiger partial charge in [0.15, 0.2) is 0 Å². The van der Waals surface area contributed by atoms with Crippen LogP contribution < -0.4 is 9.64 Å². The highest BCUT2D eigenvalue weighted by Crippen LogP contribution is 2.21. The molecule has 0 saturated carbocycles. The van der Waals surface area contributed by atoms with Crippen molar-refractivity contribution < 1.29 is 4.74 Å². The van der Waals surface area contributed by atoms with E-state index in [2.05, 4.69) is 46.0 Å². The molecule has 1 fully saturated rings. The van der Waals surface area contributed by atoms with Gasteiger partial charge in [-0.2, -0.15) is 0 Å². The van der Waals surface area contributed by atoms with Crippen molar-refractivity contribution in [2.45, 2.75) is 6.92 Å². The predicted octanol–water partition coefficient (Wildman–Crippen LogP) is 3.59. The standard InChI is InChI=1S/C20H25N3O/c1-3-22-11-13-23(14-12-22)19-9-7-18(8-10-19)21-16-17-5-4-6-20(15-17)24-2/h4-10,15-16H,3,11-14H2,1-2H3. The molecular formula is C20H25N3O. The van der Waals surface area contributed by atoms with Crippen molar-refractivity contribution in [2.24, 2.45) is 4.99 Å². The minimum absolute atomic E-state index is 0.848. The number of piperazine rings is 1. The Balaban J connectivity index is 1.63. The van der Waals surface area contributed by atoms with Crippen LogP contribution in [0.5, 0.6) is 5.75 Å². The molecule has 0 spiro atoms. The second kappa shape index (κ2) is 7.97. The van der Waals surface area contributed by atoms with Gasteiger partial charge in [-0.25, -0.2) is 0 Å². The number of aliphatic imine (C=N–C) groups is 1. The number of rotatable bonds is 5. The fourth-order valence-electron chi connectivity index (χ4n) is 2.94. The normalized spacial score (nSPS) is 15.8. The smallest absolute Gasteiger partial charge is 0.119 e. The summed E-state index contributed by atoms with van der Waals surface area (Å²) in [6, 6.07) is 16.4. The summed E-state index contributed by atoms with van der Waals surface area (Å²) in [6.45, 7) is 7.86. The maximum atomic E-state index is 5.23. The molecule has 0 unspecified atom stereocenters. The van der Waals surface area contributed by atoms with E-state index in [0.717, 1.165) is 49.7 Å². The van der Waals surface area contributed by atoms with Crippen LogP contribution in [0.2, 0.25) is 0 Å². The van der Waals surface area contributed by atoms with Gasteiger partial charge in [0, 0.05) is 38.1 Å². The number of ether oxygens (including phenoxy) is 1. The van der Waals surface area contributed by atoms with Crippen molar-refractivity contribution in [1.29, 1.82) is 0 Å². The Labute approximate surface area is 144 Å². The third-order valence-corrected chi connectivity index (χ3v) is 4.49. The SMILES string of the molecule is CCN1CCN(c2ccc(N=Cc3cccc(OC)c3)cc2)CC1. The number of likely N-dealkylation sites (N-methyl/N-ethyl adjacent to an activating group) is 1. The molecule has 0 radical (unpaired) electrons. The summed E-state index contributed by atoms with van der Waals surface area (Å²) in [6.07, 6.45) is 1.87. The van der Waals surface area contributed by atoms with Crippen LogP contribution in [0.15, 0.2) is 53.5 Å². The fourth-order valence-corrected chi connectivity index (χ4v) is 2.94. The lowest BCUT2D eigenvalue weighted by molar-refractivity contribution is 0.271. The van der Waals surface area contributed by atoms with Crippen LogP contribution >= 0.6 is 0 Å². The summed E-state index contributed by atoms with van der Waals surface area (Å²) in [4.78, 5) is 9.49. The molecule has 0 amide bonds. The van der Waals surface area contributed by atoms with Gasteiger partial charge in [-0.05, 0) is 48.5 Å². The van der Waals surface area contributed by atoms with E-state index >= 15 is 0 Å².